The lowest BCUT2D eigenvalue weighted by atomic mass is 10.1. The second-order valence-electron chi connectivity index (χ2n) is 4.91. The lowest BCUT2D eigenvalue weighted by molar-refractivity contribution is -0.123. The zero-order valence-electron chi connectivity index (χ0n) is 12.9. The fraction of sp³-hybridized carbons (Fsp3) is 0.176. The normalized spacial score (nSPS) is 10.1. The van der Waals surface area contributed by atoms with Crippen molar-refractivity contribution in [2.45, 2.75) is 13.3 Å². The Morgan fingerprint density at radius 3 is 2.62 bits per heavy atom. The van der Waals surface area contributed by atoms with Crippen LogP contribution in [0.15, 0.2) is 46.9 Å². The van der Waals surface area contributed by atoms with E-state index in [2.05, 4.69) is 26.8 Å². The molecule has 0 aliphatic carbocycles. The summed E-state index contributed by atoms with van der Waals surface area (Å²) in [7, 11) is 0. The second-order valence-corrected chi connectivity index (χ2v) is 5.83. The number of halogens is 2. The van der Waals surface area contributed by atoms with E-state index >= 15 is 0 Å². The first-order valence-electron chi connectivity index (χ1n) is 7.25. The Labute approximate surface area is 147 Å². The first kappa shape index (κ1) is 17.9. The van der Waals surface area contributed by atoms with Crippen LogP contribution in [0.2, 0.25) is 0 Å². The van der Waals surface area contributed by atoms with Crippen molar-refractivity contribution < 1.29 is 18.7 Å². The highest BCUT2D eigenvalue weighted by atomic mass is 79.9. The van der Waals surface area contributed by atoms with E-state index in [4.69, 9.17) is 4.74 Å². The van der Waals surface area contributed by atoms with Gasteiger partial charge in [-0.15, -0.1) is 0 Å². The number of amides is 2. The summed E-state index contributed by atoms with van der Waals surface area (Å²) in [6.45, 7) is 1.74. The number of nitrogens with one attached hydrogen (secondary N) is 2. The van der Waals surface area contributed by atoms with Gasteiger partial charge in [0, 0.05) is 10.0 Å². The van der Waals surface area contributed by atoms with Crippen molar-refractivity contribution in [2.75, 3.05) is 6.61 Å². The summed E-state index contributed by atoms with van der Waals surface area (Å²) in [4.78, 5) is 23.6. The maximum Gasteiger partial charge on any atom is 0.276 e. The number of benzene rings is 2. The molecular weight excluding hydrogens is 379 g/mol. The lowest BCUT2D eigenvalue weighted by Crippen LogP contribution is -2.43. The molecule has 0 radical (unpaired) electrons. The van der Waals surface area contributed by atoms with Gasteiger partial charge in [-0.3, -0.25) is 20.4 Å². The number of ether oxygens (including phenoxy) is 1. The van der Waals surface area contributed by atoms with Gasteiger partial charge >= 0.3 is 0 Å². The van der Waals surface area contributed by atoms with Crippen LogP contribution in [0.1, 0.15) is 22.8 Å². The lowest BCUT2D eigenvalue weighted by Gasteiger charge is -2.11. The van der Waals surface area contributed by atoms with Crippen LogP contribution in [-0.2, 0) is 11.2 Å². The van der Waals surface area contributed by atoms with Crippen LogP contribution < -0.4 is 15.6 Å². The summed E-state index contributed by atoms with van der Waals surface area (Å²) >= 11 is 3.10. The van der Waals surface area contributed by atoms with Crippen molar-refractivity contribution in [1.29, 1.82) is 0 Å². The Bertz CT molecular complexity index is 732. The molecule has 0 saturated heterocycles. The van der Waals surface area contributed by atoms with Gasteiger partial charge in [0.2, 0.25) is 0 Å². The van der Waals surface area contributed by atoms with Gasteiger partial charge in [0.1, 0.15) is 11.6 Å². The second kappa shape index (κ2) is 8.44. The zero-order chi connectivity index (χ0) is 17.5. The third kappa shape index (κ3) is 5.06. The van der Waals surface area contributed by atoms with Gasteiger partial charge in [-0.2, -0.15) is 0 Å². The number of carbonyl (C=O) groups is 2. The van der Waals surface area contributed by atoms with Gasteiger partial charge in [0.15, 0.2) is 6.61 Å². The van der Waals surface area contributed by atoms with Crippen molar-refractivity contribution in [3.63, 3.8) is 0 Å². The molecule has 0 aliphatic heterocycles. The Hall–Kier alpha value is -2.41. The smallest absolute Gasteiger partial charge is 0.276 e. The summed E-state index contributed by atoms with van der Waals surface area (Å²) in [6.07, 6.45) is 0.781. The molecule has 0 aromatic heterocycles. The summed E-state index contributed by atoms with van der Waals surface area (Å²) < 4.78 is 19.1. The highest BCUT2D eigenvalue weighted by Gasteiger charge is 2.10. The molecule has 0 bridgehead atoms. The third-order valence-electron chi connectivity index (χ3n) is 3.15. The molecule has 0 fully saturated rings. The Kier molecular flexibility index (Phi) is 6.31. The van der Waals surface area contributed by atoms with E-state index in [1.807, 2.05) is 25.1 Å². The summed E-state index contributed by atoms with van der Waals surface area (Å²) in [6, 6.07) is 11.1. The molecule has 5 nitrogen and oxygen atoms in total. The fourth-order valence-corrected chi connectivity index (χ4v) is 2.46. The molecule has 0 saturated carbocycles. The first-order valence-corrected chi connectivity index (χ1v) is 8.05. The van der Waals surface area contributed by atoms with E-state index in [0.29, 0.717) is 10.2 Å². The average molecular weight is 395 g/mol. The Morgan fingerprint density at radius 1 is 1.17 bits per heavy atom. The van der Waals surface area contributed by atoms with Gasteiger partial charge in [-0.1, -0.05) is 41.1 Å². The maximum atomic E-state index is 13.2. The molecule has 2 rings (SSSR count). The van der Waals surface area contributed by atoms with Crippen LogP contribution >= 0.6 is 15.9 Å². The minimum Gasteiger partial charge on any atom is -0.483 e. The van der Waals surface area contributed by atoms with Gasteiger partial charge in [-0.25, -0.2) is 4.39 Å². The molecule has 0 aliphatic rings. The molecule has 2 N–H and O–H groups in total. The van der Waals surface area contributed by atoms with Gasteiger partial charge in [-0.05, 0) is 36.2 Å². The van der Waals surface area contributed by atoms with Crippen molar-refractivity contribution >= 4 is 27.7 Å². The molecular formula is C17H16BrFN2O3. The number of rotatable bonds is 5. The average Bonchev–Trinajstić information content (AvgIpc) is 2.57. The van der Waals surface area contributed by atoms with Crippen molar-refractivity contribution in [3.8, 4) is 5.75 Å². The topological polar surface area (TPSA) is 67.4 Å². The SMILES string of the molecule is CCc1ccccc1OCC(=O)NNC(=O)c1cc(F)cc(Br)c1. The quantitative estimate of drug-likeness (QED) is 0.765. The number of hydrogen-bond acceptors (Lipinski definition) is 3. The van der Waals surface area contributed by atoms with Gasteiger partial charge < -0.3 is 4.74 Å². The van der Waals surface area contributed by atoms with E-state index in [1.165, 1.54) is 12.1 Å². The van der Waals surface area contributed by atoms with E-state index in [9.17, 15) is 14.0 Å². The van der Waals surface area contributed by atoms with Crippen LogP contribution in [0.25, 0.3) is 0 Å². The molecule has 0 atom stereocenters. The van der Waals surface area contributed by atoms with Crippen LogP contribution in [0, 0.1) is 5.82 Å². The monoisotopic (exact) mass is 394 g/mol. The number of aryl methyl sites for hydroxylation is 1. The Morgan fingerprint density at radius 2 is 1.92 bits per heavy atom. The standard InChI is InChI=1S/C17H16BrFN2O3/c1-2-11-5-3-4-6-15(11)24-10-16(22)20-21-17(23)12-7-13(18)9-14(19)8-12/h3-9H,2,10H2,1H3,(H,20,22)(H,21,23). The summed E-state index contributed by atoms with van der Waals surface area (Å²) in [5.74, 6) is -1.09. The largest absolute Gasteiger partial charge is 0.483 e. The minimum atomic E-state index is -0.627. The molecule has 2 aromatic rings. The highest BCUT2D eigenvalue weighted by Crippen LogP contribution is 2.18. The van der Waals surface area contributed by atoms with Gasteiger partial charge in [0.05, 0.1) is 0 Å². The maximum absolute atomic E-state index is 13.2. The van der Waals surface area contributed by atoms with Crippen LogP contribution in [0.4, 0.5) is 4.39 Å². The van der Waals surface area contributed by atoms with E-state index in [0.717, 1.165) is 18.1 Å². The number of para-hydroxylation sites is 1. The third-order valence-corrected chi connectivity index (χ3v) is 3.61. The molecule has 2 amide bonds. The predicted octanol–water partition coefficient (Wildman–Crippen LogP) is 2.99. The summed E-state index contributed by atoms with van der Waals surface area (Å²) in [5, 5.41) is 0. The van der Waals surface area contributed by atoms with Gasteiger partial charge in [0.25, 0.3) is 11.8 Å². The zero-order valence-corrected chi connectivity index (χ0v) is 14.5. The minimum absolute atomic E-state index is 0.0828. The van der Waals surface area contributed by atoms with Crippen LogP contribution in [-0.4, -0.2) is 18.4 Å². The molecule has 7 heteroatoms. The number of carbonyl (C=O) groups excluding carboxylic acids is 2. The molecule has 126 valence electrons. The van der Waals surface area contributed by atoms with Crippen molar-refractivity contribution in [3.05, 3.63) is 63.9 Å². The van der Waals surface area contributed by atoms with Crippen molar-refractivity contribution in [1.82, 2.24) is 10.9 Å². The molecule has 0 spiro atoms. The van der Waals surface area contributed by atoms with E-state index < -0.39 is 17.6 Å². The molecule has 0 heterocycles. The number of hydrogen-bond donors (Lipinski definition) is 2. The predicted molar refractivity (Wildman–Crippen MR) is 91.0 cm³/mol. The molecule has 2 aromatic carbocycles. The number of hydrazine groups is 1. The molecule has 24 heavy (non-hydrogen) atoms. The van der Waals surface area contributed by atoms with Crippen LogP contribution in [0.5, 0.6) is 5.75 Å². The fourth-order valence-electron chi connectivity index (χ4n) is 2.00. The molecule has 0 unspecified atom stereocenters. The summed E-state index contributed by atoms with van der Waals surface area (Å²) in [5.41, 5.74) is 5.51. The Balaban J connectivity index is 1.85. The highest BCUT2D eigenvalue weighted by molar-refractivity contribution is 9.10. The van der Waals surface area contributed by atoms with Crippen molar-refractivity contribution in [2.24, 2.45) is 0 Å². The van der Waals surface area contributed by atoms with E-state index in [1.54, 1.807) is 6.07 Å². The van der Waals surface area contributed by atoms with Crippen LogP contribution in [0.3, 0.4) is 0 Å². The first-order chi connectivity index (χ1) is 11.5. The van der Waals surface area contributed by atoms with E-state index in [-0.39, 0.29) is 12.2 Å².